The van der Waals surface area contributed by atoms with E-state index in [2.05, 4.69) is 30.4 Å². The lowest BCUT2D eigenvalue weighted by Crippen LogP contribution is -2.53. The summed E-state index contributed by atoms with van der Waals surface area (Å²) in [7, 11) is 0. The number of carbonyl (C=O) groups is 1. The molecule has 2 fully saturated rings. The summed E-state index contributed by atoms with van der Waals surface area (Å²) < 4.78 is 0. The molecule has 0 aliphatic carbocycles. The Labute approximate surface area is 127 Å². The van der Waals surface area contributed by atoms with Gasteiger partial charge < -0.3 is 10.2 Å². The summed E-state index contributed by atoms with van der Waals surface area (Å²) >= 11 is 0. The second-order valence-electron chi connectivity index (χ2n) is 5.93. The van der Waals surface area contributed by atoms with Crippen molar-refractivity contribution in [3.05, 3.63) is 29.8 Å². The topological polar surface area (TPSA) is 32.3 Å². The number of halogens is 1. The molecule has 2 saturated heterocycles. The van der Waals surface area contributed by atoms with Gasteiger partial charge in [0.2, 0.25) is 5.91 Å². The number of carbonyl (C=O) groups excluding carboxylic acids is 1. The standard InChI is InChI=1S/C16H22N2O.ClH/c1-13-4-2-5-14(12-13)18-11-3-6-16(15(18)19)7-9-17-10-8-16;/h2,4-5,12,17H,3,6-11H2,1H3;1H. The highest BCUT2D eigenvalue weighted by Crippen LogP contribution is 2.40. The van der Waals surface area contributed by atoms with Gasteiger partial charge in [-0.25, -0.2) is 0 Å². The van der Waals surface area contributed by atoms with Crippen molar-refractivity contribution in [2.45, 2.75) is 32.6 Å². The SMILES string of the molecule is Cc1cccc(N2CCCC3(CCNCC3)C2=O)c1.Cl. The van der Waals surface area contributed by atoms with E-state index in [1.165, 1.54) is 5.56 Å². The number of nitrogens with one attached hydrogen (secondary N) is 1. The summed E-state index contributed by atoms with van der Waals surface area (Å²) in [6, 6.07) is 8.31. The molecular weight excluding hydrogens is 272 g/mol. The van der Waals surface area contributed by atoms with Crippen LogP contribution in [0.15, 0.2) is 24.3 Å². The van der Waals surface area contributed by atoms with Crippen molar-refractivity contribution in [1.29, 1.82) is 0 Å². The molecule has 0 radical (unpaired) electrons. The van der Waals surface area contributed by atoms with Gasteiger partial charge in [0.25, 0.3) is 0 Å². The summed E-state index contributed by atoms with van der Waals surface area (Å²) in [6.07, 6.45) is 4.18. The van der Waals surface area contributed by atoms with Gasteiger partial charge in [0.1, 0.15) is 0 Å². The number of hydrogen-bond acceptors (Lipinski definition) is 2. The molecular formula is C16H23ClN2O. The monoisotopic (exact) mass is 294 g/mol. The van der Waals surface area contributed by atoms with E-state index < -0.39 is 0 Å². The van der Waals surface area contributed by atoms with Crippen molar-refractivity contribution in [2.24, 2.45) is 5.41 Å². The third-order valence-corrected chi connectivity index (χ3v) is 4.61. The van der Waals surface area contributed by atoms with E-state index >= 15 is 0 Å². The summed E-state index contributed by atoms with van der Waals surface area (Å²) in [6.45, 7) is 4.91. The van der Waals surface area contributed by atoms with Crippen LogP contribution in [-0.2, 0) is 4.79 Å². The molecule has 1 N–H and O–H groups in total. The van der Waals surface area contributed by atoms with E-state index in [9.17, 15) is 4.79 Å². The van der Waals surface area contributed by atoms with Crippen LogP contribution in [0.3, 0.4) is 0 Å². The van der Waals surface area contributed by atoms with Crippen LogP contribution >= 0.6 is 12.4 Å². The molecule has 3 nitrogen and oxygen atoms in total. The van der Waals surface area contributed by atoms with Crippen LogP contribution < -0.4 is 10.2 Å². The molecule has 0 saturated carbocycles. The summed E-state index contributed by atoms with van der Waals surface area (Å²) in [4.78, 5) is 14.9. The third-order valence-electron chi connectivity index (χ3n) is 4.61. The molecule has 2 aliphatic rings. The molecule has 110 valence electrons. The molecule has 20 heavy (non-hydrogen) atoms. The maximum absolute atomic E-state index is 12.9. The number of aryl methyl sites for hydroxylation is 1. The normalized spacial score (nSPS) is 21.6. The van der Waals surface area contributed by atoms with E-state index in [1.807, 2.05) is 11.0 Å². The Balaban J connectivity index is 0.00000147. The largest absolute Gasteiger partial charge is 0.317 e. The molecule has 0 bridgehead atoms. The highest BCUT2D eigenvalue weighted by molar-refractivity contribution is 5.98. The number of anilines is 1. The van der Waals surface area contributed by atoms with E-state index in [0.29, 0.717) is 5.91 Å². The zero-order valence-corrected chi connectivity index (χ0v) is 12.8. The van der Waals surface area contributed by atoms with E-state index in [1.54, 1.807) is 0 Å². The molecule has 2 aliphatic heterocycles. The minimum Gasteiger partial charge on any atom is -0.317 e. The van der Waals surface area contributed by atoms with Gasteiger partial charge in [-0.1, -0.05) is 12.1 Å². The quantitative estimate of drug-likeness (QED) is 0.864. The van der Waals surface area contributed by atoms with Gasteiger partial charge in [-0.2, -0.15) is 0 Å². The zero-order valence-electron chi connectivity index (χ0n) is 12.0. The van der Waals surface area contributed by atoms with Crippen LogP contribution in [0.2, 0.25) is 0 Å². The van der Waals surface area contributed by atoms with E-state index in [4.69, 9.17) is 0 Å². The highest BCUT2D eigenvalue weighted by atomic mass is 35.5. The predicted octanol–water partition coefficient (Wildman–Crippen LogP) is 2.91. The van der Waals surface area contributed by atoms with Gasteiger partial charge in [0, 0.05) is 12.2 Å². The first-order valence-corrected chi connectivity index (χ1v) is 7.31. The minimum absolute atomic E-state index is 0. The van der Waals surface area contributed by atoms with Crippen molar-refractivity contribution in [3.63, 3.8) is 0 Å². The lowest BCUT2D eigenvalue weighted by Gasteiger charge is -2.44. The van der Waals surface area contributed by atoms with Crippen LogP contribution in [0.5, 0.6) is 0 Å². The first-order chi connectivity index (χ1) is 9.21. The maximum Gasteiger partial charge on any atom is 0.233 e. The van der Waals surface area contributed by atoms with E-state index in [-0.39, 0.29) is 17.8 Å². The maximum atomic E-state index is 12.9. The van der Waals surface area contributed by atoms with Crippen molar-refractivity contribution in [1.82, 2.24) is 5.32 Å². The summed E-state index contributed by atoms with van der Waals surface area (Å²) in [5.74, 6) is 0.353. The Morgan fingerprint density at radius 3 is 2.65 bits per heavy atom. The summed E-state index contributed by atoms with van der Waals surface area (Å²) in [5, 5.41) is 3.37. The van der Waals surface area contributed by atoms with Gasteiger partial charge in [-0.15, -0.1) is 12.4 Å². The zero-order chi connectivity index (χ0) is 13.3. The predicted molar refractivity (Wildman–Crippen MR) is 84.6 cm³/mol. The fourth-order valence-electron chi connectivity index (χ4n) is 3.48. The Morgan fingerprint density at radius 2 is 1.95 bits per heavy atom. The molecule has 1 amide bonds. The van der Waals surface area contributed by atoms with Gasteiger partial charge in [-0.05, 0) is 63.4 Å². The fourth-order valence-corrected chi connectivity index (χ4v) is 3.48. The van der Waals surface area contributed by atoms with Gasteiger partial charge in [-0.3, -0.25) is 4.79 Å². The number of rotatable bonds is 1. The average Bonchev–Trinajstić information content (AvgIpc) is 2.43. The van der Waals surface area contributed by atoms with Crippen LogP contribution in [0.4, 0.5) is 5.69 Å². The van der Waals surface area contributed by atoms with Gasteiger partial charge >= 0.3 is 0 Å². The molecule has 4 heteroatoms. The Bertz CT molecular complexity index is 478. The average molecular weight is 295 g/mol. The summed E-state index contributed by atoms with van der Waals surface area (Å²) in [5.41, 5.74) is 2.20. The molecule has 2 heterocycles. The van der Waals surface area contributed by atoms with Gasteiger partial charge in [0.05, 0.1) is 5.41 Å². The van der Waals surface area contributed by atoms with E-state index in [0.717, 1.165) is 51.0 Å². The molecule has 1 spiro atoms. The Kier molecular flexibility index (Phi) is 4.71. The number of amides is 1. The Hall–Kier alpha value is -1.06. The van der Waals surface area contributed by atoms with Gasteiger partial charge in [0.15, 0.2) is 0 Å². The van der Waals surface area contributed by atoms with Crippen LogP contribution in [0.1, 0.15) is 31.2 Å². The highest BCUT2D eigenvalue weighted by Gasteiger charge is 2.44. The van der Waals surface area contributed by atoms with Crippen LogP contribution in [0.25, 0.3) is 0 Å². The van der Waals surface area contributed by atoms with Crippen molar-refractivity contribution in [2.75, 3.05) is 24.5 Å². The smallest absolute Gasteiger partial charge is 0.233 e. The first-order valence-electron chi connectivity index (χ1n) is 7.31. The fraction of sp³-hybridized carbons (Fsp3) is 0.562. The molecule has 3 rings (SSSR count). The lowest BCUT2D eigenvalue weighted by molar-refractivity contribution is -0.132. The molecule has 0 aromatic heterocycles. The first kappa shape index (κ1) is 15.3. The van der Waals surface area contributed by atoms with Crippen LogP contribution in [0, 0.1) is 12.3 Å². The second-order valence-corrected chi connectivity index (χ2v) is 5.93. The molecule has 1 aromatic rings. The Morgan fingerprint density at radius 1 is 1.20 bits per heavy atom. The molecule has 0 atom stereocenters. The second kappa shape index (κ2) is 6.15. The van der Waals surface area contributed by atoms with Crippen molar-refractivity contribution in [3.8, 4) is 0 Å². The third kappa shape index (κ3) is 2.70. The van der Waals surface area contributed by atoms with Crippen molar-refractivity contribution < 1.29 is 4.79 Å². The minimum atomic E-state index is -0.0900. The van der Waals surface area contributed by atoms with Crippen LogP contribution in [-0.4, -0.2) is 25.5 Å². The number of hydrogen-bond donors (Lipinski definition) is 1. The number of piperidine rings is 2. The molecule has 1 aromatic carbocycles. The molecule has 0 unspecified atom stereocenters. The lowest BCUT2D eigenvalue weighted by atomic mass is 9.72. The van der Waals surface area contributed by atoms with Crippen molar-refractivity contribution >= 4 is 24.0 Å². The number of benzene rings is 1. The number of nitrogens with zero attached hydrogens (tertiary/aromatic N) is 1.